The van der Waals surface area contributed by atoms with Crippen molar-refractivity contribution in [3.8, 4) is 0 Å². The van der Waals surface area contributed by atoms with Crippen LogP contribution in [-0.2, 0) is 14.3 Å². The van der Waals surface area contributed by atoms with Gasteiger partial charge in [0.2, 0.25) is 5.91 Å². The maximum Gasteiger partial charge on any atom is 0.319 e. The van der Waals surface area contributed by atoms with Crippen LogP contribution < -0.4 is 5.32 Å². The van der Waals surface area contributed by atoms with Crippen molar-refractivity contribution >= 4 is 11.9 Å². The van der Waals surface area contributed by atoms with E-state index in [0.29, 0.717) is 6.61 Å². The first-order valence-corrected chi connectivity index (χ1v) is 6.83. The Morgan fingerprint density at radius 3 is 2.28 bits per heavy atom. The first kappa shape index (κ1) is 15.0. The van der Waals surface area contributed by atoms with Crippen molar-refractivity contribution in [3.05, 3.63) is 0 Å². The van der Waals surface area contributed by atoms with E-state index in [2.05, 4.69) is 5.32 Å². The van der Waals surface area contributed by atoms with E-state index in [1.165, 1.54) is 0 Å². The van der Waals surface area contributed by atoms with Gasteiger partial charge in [-0.1, -0.05) is 33.6 Å². The quantitative estimate of drug-likeness (QED) is 0.619. The summed E-state index contributed by atoms with van der Waals surface area (Å²) in [4.78, 5) is 24.2. The Bertz CT molecular complexity index is 301. The summed E-state index contributed by atoms with van der Waals surface area (Å²) in [6, 6.07) is 0.233. The van der Waals surface area contributed by atoms with Crippen LogP contribution in [0, 0.1) is 11.3 Å². The predicted molar refractivity (Wildman–Crippen MR) is 70.0 cm³/mol. The molecule has 1 unspecified atom stereocenters. The summed E-state index contributed by atoms with van der Waals surface area (Å²) in [5, 5.41) is 2.99. The first-order valence-electron chi connectivity index (χ1n) is 6.83. The van der Waals surface area contributed by atoms with Crippen LogP contribution in [0.25, 0.3) is 0 Å². The second-order valence-electron chi connectivity index (χ2n) is 6.04. The molecular weight excluding hydrogens is 230 g/mol. The molecule has 1 N–H and O–H groups in total. The molecule has 0 aromatic heterocycles. The second-order valence-corrected chi connectivity index (χ2v) is 6.04. The predicted octanol–water partition coefficient (Wildman–Crippen LogP) is 2.27. The van der Waals surface area contributed by atoms with Gasteiger partial charge >= 0.3 is 5.97 Å². The summed E-state index contributed by atoms with van der Waals surface area (Å²) in [5.41, 5.74) is -0.422. The lowest BCUT2D eigenvalue weighted by Crippen LogP contribution is -2.46. The highest BCUT2D eigenvalue weighted by atomic mass is 16.5. The molecule has 1 atom stereocenters. The van der Waals surface area contributed by atoms with Crippen molar-refractivity contribution in [3.63, 3.8) is 0 Å². The fourth-order valence-electron chi connectivity index (χ4n) is 2.43. The number of amides is 1. The molecule has 1 saturated carbocycles. The Labute approximate surface area is 109 Å². The van der Waals surface area contributed by atoms with Crippen molar-refractivity contribution < 1.29 is 14.3 Å². The molecule has 0 heterocycles. The summed E-state index contributed by atoms with van der Waals surface area (Å²) in [7, 11) is 0. The van der Waals surface area contributed by atoms with Crippen LogP contribution in [0.1, 0.15) is 53.4 Å². The average Bonchev–Trinajstić information content (AvgIpc) is 2.68. The minimum atomic E-state index is -0.724. The zero-order chi connectivity index (χ0) is 13.8. The molecular formula is C14H25NO3. The zero-order valence-corrected chi connectivity index (χ0v) is 11.9. The molecule has 18 heavy (non-hydrogen) atoms. The number of carbonyl (C=O) groups is 2. The third-order valence-corrected chi connectivity index (χ3v) is 3.35. The molecule has 1 aliphatic rings. The minimum absolute atomic E-state index is 0.187. The van der Waals surface area contributed by atoms with Gasteiger partial charge in [-0.25, -0.2) is 0 Å². The number of hydrogen-bond acceptors (Lipinski definition) is 3. The van der Waals surface area contributed by atoms with E-state index in [1.54, 1.807) is 6.92 Å². The van der Waals surface area contributed by atoms with E-state index >= 15 is 0 Å². The monoisotopic (exact) mass is 255 g/mol. The molecule has 0 spiro atoms. The maximum absolute atomic E-state index is 12.3. The van der Waals surface area contributed by atoms with Gasteiger partial charge < -0.3 is 10.1 Å². The minimum Gasteiger partial charge on any atom is -0.465 e. The number of ether oxygens (including phenoxy) is 1. The van der Waals surface area contributed by atoms with E-state index in [1.807, 2.05) is 20.8 Å². The van der Waals surface area contributed by atoms with Gasteiger partial charge in [-0.05, 0) is 25.2 Å². The second kappa shape index (κ2) is 6.21. The highest BCUT2D eigenvalue weighted by Crippen LogP contribution is 2.28. The Balaban J connectivity index is 2.69. The van der Waals surface area contributed by atoms with Gasteiger partial charge in [-0.3, -0.25) is 9.59 Å². The normalized spacial score (nSPS) is 18.4. The standard InChI is InChI=1S/C14H25NO3/c1-5-18-13(17)11(14(2,3)4)12(16)15-10-8-6-7-9-10/h10-11H,5-9H2,1-4H3,(H,15,16). The Kier molecular flexibility index (Phi) is 5.17. The fraction of sp³-hybridized carbons (Fsp3) is 0.857. The van der Waals surface area contributed by atoms with Gasteiger partial charge in [0.1, 0.15) is 5.92 Å². The number of hydrogen-bond donors (Lipinski definition) is 1. The largest absolute Gasteiger partial charge is 0.465 e. The van der Waals surface area contributed by atoms with Crippen LogP contribution in [0.5, 0.6) is 0 Å². The van der Waals surface area contributed by atoms with Crippen molar-refractivity contribution in [2.75, 3.05) is 6.61 Å². The van der Waals surface area contributed by atoms with Crippen LogP contribution in [0.4, 0.5) is 0 Å². The lowest BCUT2D eigenvalue weighted by atomic mass is 9.80. The fourth-order valence-corrected chi connectivity index (χ4v) is 2.43. The molecule has 4 heteroatoms. The van der Waals surface area contributed by atoms with E-state index in [0.717, 1.165) is 25.7 Å². The van der Waals surface area contributed by atoms with Gasteiger partial charge in [-0.2, -0.15) is 0 Å². The van der Waals surface area contributed by atoms with Gasteiger partial charge in [0.25, 0.3) is 0 Å². The summed E-state index contributed by atoms with van der Waals surface area (Å²) < 4.78 is 5.02. The summed E-state index contributed by atoms with van der Waals surface area (Å²) >= 11 is 0. The Morgan fingerprint density at radius 2 is 1.83 bits per heavy atom. The number of nitrogens with one attached hydrogen (secondary N) is 1. The van der Waals surface area contributed by atoms with Gasteiger partial charge in [0.05, 0.1) is 6.61 Å². The van der Waals surface area contributed by atoms with Gasteiger partial charge in [-0.15, -0.1) is 0 Å². The molecule has 1 fully saturated rings. The average molecular weight is 255 g/mol. The van der Waals surface area contributed by atoms with E-state index in [9.17, 15) is 9.59 Å². The molecule has 1 rings (SSSR count). The number of rotatable bonds is 4. The molecule has 0 radical (unpaired) electrons. The van der Waals surface area contributed by atoms with Crippen LogP contribution in [-0.4, -0.2) is 24.5 Å². The van der Waals surface area contributed by atoms with Crippen molar-refractivity contribution in [2.24, 2.45) is 11.3 Å². The highest BCUT2D eigenvalue weighted by Gasteiger charge is 2.39. The maximum atomic E-state index is 12.3. The lowest BCUT2D eigenvalue weighted by molar-refractivity contribution is -0.156. The van der Waals surface area contributed by atoms with Gasteiger partial charge in [0.15, 0.2) is 0 Å². The van der Waals surface area contributed by atoms with Crippen LogP contribution in [0.3, 0.4) is 0 Å². The van der Waals surface area contributed by atoms with Crippen LogP contribution >= 0.6 is 0 Å². The Hall–Kier alpha value is -1.06. The molecule has 104 valence electrons. The molecule has 1 aliphatic carbocycles. The number of carbonyl (C=O) groups excluding carboxylic acids is 2. The molecule has 0 aromatic carbocycles. The highest BCUT2D eigenvalue weighted by molar-refractivity contribution is 5.98. The third kappa shape index (κ3) is 4.00. The van der Waals surface area contributed by atoms with E-state index in [4.69, 9.17) is 4.74 Å². The summed E-state index contributed by atoms with van der Waals surface area (Å²) in [6.07, 6.45) is 4.35. The van der Waals surface area contributed by atoms with Gasteiger partial charge in [0, 0.05) is 6.04 Å². The Morgan fingerprint density at radius 1 is 1.28 bits per heavy atom. The summed E-state index contributed by atoms with van der Waals surface area (Å²) in [5.74, 6) is -1.33. The van der Waals surface area contributed by atoms with Crippen LogP contribution in [0.2, 0.25) is 0 Å². The SMILES string of the molecule is CCOC(=O)C(C(=O)NC1CCCC1)C(C)(C)C. The number of esters is 1. The zero-order valence-electron chi connectivity index (χ0n) is 11.9. The van der Waals surface area contributed by atoms with Crippen molar-refractivity contribution in [1.29, 1.82) is 0 Å². The summed E-state index contributed by atoms with van der Waals surface area (Å²) in [6.45, 7) is 7.74. The van der Waals surface area contributed by atoms with Crippen molar-refractivity contribution in [2.45, 2.75) is 59.4 Å². The van der Waals surface area contributed by atoms with E-state index in [-0.39, 0.29) is 11.9 Å². The lowest BCUT2D eigenvalue weighted by Gasteiger charge is -2.28. The smallest absolute Gasteiger partial charge is 0.319 e. The molecule has 0 bridgehead atoms. The molecule has 4 nitrogen and oxygen atoms in total. The molecule has 0 aromatic rings. The molecule has 0 saturated heterocycles. The molecule has 0 aliphatic heterocycles. The third-order valence-electron chi connectivity index (χ3n) is 3.35. The molecule has 1 amide bonds. The van der Waals surface area contributed by atoms with Crippen LogP contribution in [0.15, 0.2) is 0 Å². The van der Waals surface area contributed by atoms with E-state index < -0.39 is 17.3 Å². The first-order chi connectivity index (χ1) is 8.36. The topological polar surface area (TPSA) is 55.4 Å². The van der Waals surface area contributed by atoms with Crippen molar-refractivity contribution in [1.82, 2.24) is 5.32 Å².